The maximum absolute atomic E-state index is 14.6. The standard InChI is InChI=1S/C21H15F4N3O3/c22-12-8-13(23)18(25)16(17(12)24)15-11(21(31)27-7-6-14(26)29)9-28-19(15)20(30)10-4-2-1-3-5-10/h1-5,8-9,28H,6-7H2,(H2,26,29)(H,27,31). The lowest BCUT2D eigenvalue weighted by Crippen LogP contribution is -2.28. The summed E-state index contributed by atoms with van der Waals surface area (Å²) in [4.78, 5) is 38.8. The molecule has 0 radical (unpaired) electrons. The van der Waals surface area contributed by atoms with Gasteiger partial charge in [-0.3, -0.25) is 14.4 Å². The first-order valence-corrected chi connectivity index (χ1v) is 8.93. The van der Waals surface area contributed by atoms with E-state index in [0.29, 0.717) is 0 Å². The lowest BCUT2D eigenvalue weighted by Gasteiger charge is -2.11. The molecule has 2 aromatic carbocycles. The van der Waals surface area contributed by atoms with E-state index in [1.54, 1.807) is 6.07 Å². The van der Waals surface area contributed by atoms with Crippen LogP contribution in [0.25, 0.3) is 11.1 Å². The fourth-order valence-electron chi connectivity index (χ4n) is 2.96. The molecule has 3 rings (SSSR count). The summed E-state index contributed by atoms with van der Waals surface area (Å²) in [5, 5.41) is 2.30. The van der Waals surface area contributed by atoms with Crippen molar-refractivity contribution in [2.24, 2.45) is 5.73 Å². The minimum absolute atomic E-state index is 0.0200. The predicted octanol–water partition coefficient (Wildman–Crippen LogP) is 3.07. The quantitative estimate of drug-likeness (QED) is 0.303. The molecule has 3 aromatic rings. The fraction of sp³-hybridized carbons (Fsp3) is 0.0952. The topological polar surface area (TPSA) is 105 Å². The smallest absolute Gasteiger partial charge is 0.253 e. The van der Waals surface area contributed by atoms with Gasteiger partial charge in [-0.25, -0.2) is 17.6 Å². The van der Waals surface area contributed by atoms with E-state index in [-0.39, 0.29) is 24.6 Å². The van der Waals surface area contributed by atoms with Crippen molar-refractivity contribution < 1.29 is 31.9 Å². The van der Waals surface area contributed by atoms with E-state index in [1.165, 1.54) is 24.3 Å². The molecule has 0 atom stereocenters. The van der Waals surface area contributed by atoms with E-state index >= 15 is 0 Å². The molecule has 2 amide bonds. The van der Waals surface area contributed by atoms with Gasteiger partial charge >= 0.3 is 0 Å². The molecule has 0 aliphatic rings. The Morgan fingerprint density at radius 1 is 0.935 bits per heavy atom. The maximum Gasteiger partial charge on any atom is 0.253 e. The van der Waals surface area contributed by atoms with Crippen molar-refractivity contribution in [3.8, 4) is 11.1 Å². The highest BCUT2D eigenvalue weighted by Gasteiger charge is 2.30. The minimum Gasteiger partial charge on any atom is -0.370 e. The summed E-state index contributed by atoms with van der Waals surface area (Å²) in [7, 11) is 0. The minimum atomic E-state index is -1.77. The van der Waals surface area contributed by atoms with Gasteiger partial charge in [0.05, 0.1) is 16.8 Å². The van der Waals surface area contributed by atoms with Crippen molar-refractivity contribution in [1.29, 1.82) is 0 Å². The predicted molar refractivity (Wildman–Crippen MR) is 102 cm³/mol. The summed E-state index contributed by atoms with van der Waals surface area (Å²) < 4.78 is 56.8. The zero-order chi connectivity index (χ0) is 22.7. The highest BCUT2D eigenvalue weighted by Crippen LogP contribution is 2.35. The Morgan fingerprint density at radius 3 is 2.13 bits per heavy atom. The monoisotopic (exact) mass is 433 g/mol. The van der Waals surface area contributed by atoms with Gasteiger partial charge in [-0.1, -0.05) is 30.3 Å². The number of carbonyl (C=O) groups is 3. The number of H-pyrrole nitrogens is 1. The SMILES string of the molecule is NC(=O)CCNC(=O)c1c[nH]c(C(=O)c2ccccc2)c1-c1c(F)c(F)cc(F)c1F. The van der Waals surface area contributed by atoms with Gasteiger partial charge in [-0.2, -0.15) is 0 Å². The number of rotatable bonds is 7. The third kappa shape index (κ3) is 4.32. The zero-order valence-corrected chi connectivity index (χ0v) is 15.8. The number of nitrogens with one attached hydrogen (secondary N) is 2. The first-order chi connectivity index (χ1) is 14.7. The molecular weight excluding hydrogens is 418 g/mol. The van der Waals surface area contributed by atoms with Crippen molar-refractivity contribution in [2.45, 2.75) is 6.42 Å². The third-order valence-electron chi connectivity index (χ3n) is 4.41. The molecule has 0 unspecified atom stereocenters. The molecular formula is C21H15F4N3O3. The molecule has 0 aliphatic heterocycles. The van der Waals surface area contributed by atoms with Gasteiger partial charge < -0.3 is 16.0 Å². The van der Waals surface area contributed by atoms with Crippen LogP contribution in [0.2, 0.25) is 0 Å². The molecule has 0 spiro atoms. The summed E-state index contributed by atoms with van der Waals surface area (Å²) in [6.45, 7) is -0.205. The van der Waals surface area contributed by atoms with Crippen molar-refractivity contribution in [2.75, 3.05) is 6.54 Å². The van der Waals surface area contributed by atoms with Crippen LogP contribution in [0.5, 0.6) is 0 Å². The summed E-state index contributed by atoms with van der Waals surface area (Å²) in [5.74, 6) is -9.36. The molecule has 160 valence electrons. The fourth-order valence-corrected chi connectivity index (χ4v) is 2.96. The second kappa shape index (κ2) is 8.82. The lowest BCUT2D eigenvalue weighted by atomic mass is 9.95. The molecule has 6 nitrogen and oxygen atoms in total. The summed E-state index contributed by atoms with van der Waals surface area (Å²) >= 11 is 0. The number of benzene rings is 2. The molecule has 1 heterocycles. The van der Waals surface area contributed by atoms with Gasteiger partial charge in [0.2, 0.25) is 11.7 Å². The average molecular weight is 433 g/mol. The van der Waals surface area contributed by atoms with Crippen LogP contribution >= 0.6 is 0 Å². The number of aromatic nitrogens is 1. The van der Waals surface area contributed by atoms with Crippen LogP contribution in [0.4, 0.5) is 17.6 Å². The summed E-state index contributed by atoms with van der Waals surface area (Å²) in [6, 6.07) is 7.56. The molecule has 0 saturated heterocycles. The van der Waals surface area contributed by atoms with E-state index in [0.717, 1.165) is 6.20 Å². The van der Waals surface area contributed by atoms with Crippen molar-refractivity contribution in [3.05, 3.63) is 82.7 Å². The molecule has 31 heavy (non-hydrogen) atoms. The number of primary amides is 1. The molecule has 4 N–H and O–H groups in total. The van der Waals surface area contributed by atoms with Crippen LogP contribution in [-0.4, -0.2) is 29.1 Å². The van der Waals surface area contributed by atoms with Crippen LogP contribution in [0.3, 0.4) is 0 Å². The van der Waals surface area contributed by atoms with Gasteiger partial charge in [-0.15, -0.1) is 0 Å². The van der Waals surface area contributed by atoms with Crippen molar-refractivity contribution >= 4 is 17.6 Å². The first kappa shape index (κ1) is 21.8. The van der Waals surface area contributed by atoms with E-state index in [2.05, 4.69) is 10.3 Å². The number of amides is 2. The van der Waals surface area contributed by atoms with Crippen molar-refractivity contribution in [1.82, 2.24) is 10.3 Å². The lowest BCUT2D eigenvalue weighted by molar-refractivity contribution is -0.117. The molecule has 0 saturated carbocycles. The normalized spacial score (nSPS) is 10.7. The number of hydrogen-bond donors (Lipinski definition) is 3. The third-order valence-corrected chi connectivity index (χ3v) is 4.41. The highest BCUT2D eigenvalue weighted by atomic mass is 19.2. The van der Waals surface area contributed by atoms with E-state index in [9.17, 15) is 31.9 Å². The zero-order valence-electron chi connectivity index (χ0n) is 15.8. The number of hydrogen-bond acceptors (Lipinski definition) is 3. The van der Waals surface area contributed by atoms with Crippen molar-refractivity contribution in [3.63, 3.8) is 0 Å². The van der Waals surface area contributed by atoms with Crippen LogP contribution in [0, 0.1) is 23.3 Å². The number of aromatic amines is 1. The number of ketones is 1. The molecule has 0 fully saturated rings. The van der Waals surface area contributed by atoms with Crippen LogP contribution in [0.1, 0.15) is 32.8 Å². The number of halogens is 4. The van der Waals surface area contributed by atoms with Gasteiger partial charge in [0.15, 0.2) is 23.3 Å². The van der Waals surface area contributed by atoms with Gasteiger partial charge in [0.1, 0.15) is 0 Å². The molecule has 1 aromatic heterocycles. The number of nitrogens with two attached hydrogens (primary N) is 1. The first-order valence-electron chi connectivity index (χ1n) is 8.93. The van der Waals surface area contributed by atoms with E-state index < -0.39 is 63.3 Å². The van der Waals surface area contributed by atoms with E-state index in [1.807, 2.05) is 0 Å². The Morgan fingerprint density at radius 2 is 1.55 bits per heavy atom. The Balaban J connectivity index is 2.19. The van der Waals surface area contributed by atoms with Gasteiger partial charge in [-0.05, 0) is 0 Å². The van der Waals surface area contributed by atoms with Gasteiger partial charge in [0, 0.05) is 36.4 Å². The maximum atomic E-state index is 14.6. The second-order valence-corrected chi connectivity index (χ2v) is 6.46. The van der Waals surface area contributed by atoms with Crippen LogP contribution in [-0.2, 0) is 4.79 Å². The molecule has 10 heteroatoms. The molecule has 0 aliphatic carbocycles. The summed E-state index contributed by atoms with van der Waals surface area (Å²) in [6.07, 6.45) is 0.755. The Hall–Kier alpha value is -3.95. The largest absolute Gasteiger partial charge is 0.370 e. The second-order valence-electron chi connectivity index (χ2n) is 6.46. The Bertz CT molecular complexity index is 1150. The highest BCUT2D eigenvalue weighted by molar-refractivity contribution is 6.15. The Kier molecular flexibility index (Phi) is 6.19. The van der Waals surface area contributed by atoms with Crippen LogP contribution < -0.4 is 11.1 Å². The number of carbonyl (C=O) groups excluding carboxylic acids is 3. The van der Waals surface area contributed by atoms with Gasteiger partial charge in [0.25, 0.3) is 5.91 Å². The summed E-state index contributed by atoms with van der Waals surface area (Å²) in [5.41, 5.74) is 2.33. The average Bonchev–Trinajstić information content (AvgIpc) is 3.17. The van der Waals surface area contributed by atoms with E-state index in [4.69, 9.17) is 5.73 Å². The Labute approximate surface area is 173 Å². The molecule has 0 bridgehead atoms. The van der Waals surface area contributed by atoms with Crippen LogP contribution in [0.15, 0.2) is 42.6 Å².